The van der Waals surface area contributed by atoms with Crippen LogP contribution < -0.4 is 20.1 Å². The Balaban J connectivity index is 1.17. The smallest absolute Gasteiger partial charge is 0.423 e. The van der Waals surface area contributed by atoms with Gasteiger partial charge in [0.25, 0.3) is 11.5 Å². The number of carbonyl (C=O) groups excluding carboxylic acids is 1. The molecule has 43 heavy (non-hydrogen) atoms. The number of H-pyrrole nitrogens is 1. The lowest BCUT2D eigenvalue weighted by atomic mass is 10.1. The van der Waals surface area contributed by atoms with Crippen molar-refractivity contribution in [3.05, 3.63) is 111 Å². The largest absolute Gasteiger partial charge is 0.491 e. The number of alkyl halides is 3. The first-order valence-electron chi connectivity index (χ1n) is 13.9. The summed E-state index contributed by atoms with van der Waals surface area (Å²) in [5.74, 6) is 1.17. The third kappa shape index (κ3) is 5.77. The quantitative estimate of drug-likeness (QED) is 0.351. The minimum atomic E-state index is -4.87. The maximum absolute atomic E-state index is 13.9. The number of carbonyl (C=O) groups is 1. The summed E-state index contributed by atoms with van der Waals surface area (Å²) in [5, 5.41) is 5.55. The van der Waals surface area contributed by atoms with Crippen LogP contribution in [0, 0.1) is 6.92 Å². The van der Waals surface area contributed by atoms with Crippen molar-refractivity contribution in [1.82, 2.24) is 20.1 Å². The van der Waals surface area contributed by atoms with Gasteiger partial charge in [0.2, 0.25) is 0 Å². The number of aryl methyl sites for hydroxylation is 1. The molecule has 222 valence electrons. The molecular formula is C31H29F3N6O3. The number of nitrogens with zero attached hydrogens (tertiary/aromatic N) is 5. The van der Waals surface area contributed by atoms with Gasteiger partial charge >= 0.3 is 6.18 Å². The van der Waals surface area contributed by atoms with Crippen LogP contribution in [0.3, 0.4) is 0 Å². The summed E-state index contributed by atoms with van der Waals surface area (Å²) in [6.45, 7) is 4.53. The second-order valence-corrected chi connectivity index (χ2v) is 10.6. The number of ether oxygens (including phenoxy) is 1. The molecular weight excluding hydrogens is 561 g/mol. The molecule has 9 nitrogen and oxygen atoms in total. The molecule has 0 aliphatic carbocycles. The van der Waals surface area contributed by atoms with Gasteiger partial charge in [0.15, 0.2) is 0 Å². The number of pyridine rings is 1. The van der Waals surface area contributed by atoms with E-state index in [0.29, 0.717) is 37.5 Å². The normalized spacial score (nSPS) is 16.7. The van der Waals surface area contributed by atoms with E-state index in [1.165, 1.54) is 4.90 Å². The van der Waals surface area contributed by atoms with Crippen LogP contribution in [0.4, 0.5) is 24.7 Å². The van der Waals surface area contributed by atoms with Gasteiger partial charge < -0.3 is 19.4 Å². The summed E-state index contributed by atoms with van der Waals surface area (Å²) < 4.78 is 47.9. The summed E-state index contributed by atoms with van der Waals surface area (Å²) in [7, 11) is 0. The monoisotopic (exact) mass is 590 g/mol. The number of rotatable bonds is 6. The standard InChI is InChI=1S/C31H29F3N6O3/c1-20-9-10-27(35-16-20)38-11-13-39(14-12-38)30(42)21-6-4-7-23(15-21)43-19-26-24-8-3-2-5-22(24)18-40(26)25-17-36-37-29(41)28(25)31(32,33)34/h2-10,15-17,26H,11-14,18-19H2,1H3,(H,37,41). The minimum Gasteiger partial charge on any atom is -0.491 e. The van der Waals surface area contributed by atoms with E-state index in [4.69, 9.17) is 4.74 Å². The van der Waals surface area contributed by atoms with Crippen molar-refractivity contribution >= 4 is 17.4 Å². The van der Waals surface area contributed by atoms with Gasteiger partial charge in [-0.15, -0.1) is 0 Å². The van der Waals surface area contributed by atoms with Crippen LogP contribution >= 0.6 is 0 Å². The summed E-state index contributed by atoms with van der Waals surface area (Å²) in [6, 6.07) is 17.5. The number of piperazine rings is 1. The highest BCUT2D eigenvalue weighted by Crippen LogP contribution is 2.42. The van der Waals surface area contributed by atoms with Crippen LogP contribution in [0.1, 0.15) is 38.7 Å². The first-order valence-corrected chi connectivity index (χ1v) is 13.9. The van der Waals surface area contributed by atoms with E-state index in [-0.39, 0.29) is 24.7 Å². The molecule has 4 aromatic rings. The molecule has 1 amide bonds. The van der Waals surface area contributed by atoms with Crippen LogP contribution in [0.5, 0.6) is 5.75 Å². The number of hydrogen-bond donors (Lipinski definition) is 1. The second kappa shape index (κ2) is 11.4. The first kappa shape index (κ1) is 28.3. The molecule has 2 aromatic heterocycles. The maximum Gasteiger partial charge on any atom is 0.423 e. The number of aromatic amines is 1. The molecule has 2 aromatic carbocycles. The fraction of sp³-hybridized carbons (Fsp3) is 0.290. The number of nitrogens with one attached hydrogen (secondary N) is 1. The van der Waals surface area contributed by atoms with Gasteiger partial charge in [0.1, 0.15) is 23.7 Å². The third-order valence-electron chi connectivity index (χ3n) is 7.84. The average molecular weight is 591 g/mol. The number of aromatic nitrogens is 3. The Kier molecular flexibility index (Phi) is 7.51. The van der Waals surface area contributed by atoms with Crippen LogP contribution in [0.2, 0.25) is 0 Å². The zero-order chi connectivity index (χ0) is 30.1. The molecule has 0 bridgehead atoms. The topological polar surface area (TPSA) is 94.7 Å². The fourth-order valence-electron chi connectivity index (χ4n) is 5.64. The van der Waals surface area contributed by atoms with E-state index in [9.17, 15) is 22.8 Å². The predicted octanol–water partition coefficient (Wildman–Crippen LogP) is 4.59. The lowest BCUT2D eigenvalue weighted by Gasteiger charge is -2.35. The summed E-state index contributed by atoms with van der Waals surface area (Å²) in [4.78, 5) is 35.5. The molecule has 1 saturated heterocycles. The Hall–Kier alpha value is -4.87. The van der Waals surface area contributed by atoms with Gasteiger partial charge in [-0.1, -0.05) is 36.4 Å². The van der Waals surface area contributed by atoms with E-state index in [0.717, 1.165) is 28.7 Å². The molecule has 1 unspecified atom stereocenters. The van der Waals surface area contributed by atoms with Crippen molar-refractivity contribution in [2.24, 2.45) is 0 Å². The highest BCUT2D eigenvalue weighted by Gasteiger charge is 2.42. The van der Waals surface area contributed by atoms with Crippen molar-refractivity contribution in [3.8, 4) is 5.75 Å². The van der Waals surface area contributed by atoms with Gasteiger partial charge in [0, 0.05) is 44.5 Å². The van der Waals surface area contributed by atoms with Crippen LogP contribution in [-0.2, 0) is 12.7 Å². The molecule has 2 aliphatic rings. The van der Waals surface area contributed by atoms with Crippen LogP contribution in [0.25, 0.3) is 0 Å². The van der Waals surface area contributed by atoms with Gasteiger partial charge in [-0.05, 0) is 47.9 Å². The Bertz CT molecular complexity index is 1680. The molecule has 6 rings (SSSR count). The van der Waals surface area contributed by atoms with Gasteiger partial charge in [-0.3, -0.25) is 9.59 Å². The highest BCUT2D eigenvalue weighted by atomic mass is 19.4. The van der Waals surface area contributed by atoms with Crippen LogP contribution in [0.15, 0.2) is 77.9 Å². The fourth-order valence-corrected chi connectivity index (χ4v) is 5.64. The molecule has 0 spiro atoms. The SMILES string of the molecule is Cc1ccc(N2CCN(C(=O)c3cccc(OCC4c5ccccc5CN4c4cn[nH]c(=O)c4C(F)(F)F)c3)CC2)nc1. The highest BCUT2D eigenvalue weighted by molar-refractivity contribution is 5.94. The lowest BCUT2D eigenvalue weighted by Crippen LogP contribution is -2.49. The predicted molar refractivity (Wildman–Crippen MR) is 154 cm³/mol. The zero-order valence-electron chi connectivity index (χ0n) is 23.3. The van der Waals surface area contributed by atoms with Crippen molar-refractivity contribution in [3.63, 3.8) is 0 Å². The Morgan fingerprint density at radius 3 is 2.56 bits per heavy atom. The van der Waals surface area contributed by atoms with E-state index in [1.807, 2.05) is 54.6 Å². The molecule has 1 atom stereocenters. The number of anilines is 2. The number of benzene rings is 2. The number of amides is 1. The third-order valence-corrected chi connectivity index (χ3v) is 7.84. The van der Waals surface area contributed by atoms with Crippen molar-refractivity contribution in [2.75, 3.05) is 42.6 Å². The van der Waals surface area contributed by atoms with E-state index in [2.05, 4.69) is 15.0 Å². The summed E-state index contributed by atoms with van der Waals surface area (Å²) in [6.07, 6.45) is -2.02. The average Bonchev–Trinajstić information content (AvgIpc) is 3.38. The number of halogens is 3. The van der Waals surface area contributed by atoms with Crippen molar-refractivity contribution in [1.29, 1.82) is 0 Å². The van der Waals surface area contributed by atoms with Gasteiger partial charge in [-0.25, -0.2) is 10.1 Å². The van der Waals surface area contributed by atoms with Crippen molar-refractivity contribution in [2.45, 2.75) is 25.7 Å². The van der Waals surface area contributed by atoms with Gasteiger partial charge in [0.05, 0.1) is 17.9 Å². The molecule has 1 fully saturated rings. The second-order valence-electron chi connectivity index (χ2n) is 10.6. The molecule has 12 heteroatoms. The van der Waals surface area contributed by atoms with Crippen LogP contribution in [-0.4, -0.2) is 58.8 Å². The Labute approximate surface area is 245 Å². The van der Waals surface area contributed by atoms with Crippen molar-refractivity contribution < 1.29 is 22.7 Å². The van der Waals surface area contributed by atoms with E-state index < -0.39 is 23.3 Å². The van der Waals surface area contributed by atoms with E-state index >= 15 is 0 Å². The first-order chi connectivity index (χ1) is 20.7. The van der Waals surface area contributed by atoms with Gasteiger partial charge in [-0.2, -0.15) is 18.3 Å². The minimum absolute atomic E-state index is 0.0129. The van der Waals surface area contributed by atoms with E-state index in [1.54, 1.807) is 29.2 Å². The number of fused-ring (bicyclic) bond motifs is 1. The summed E-state index contributed by atoms with van der Waals surface area (Å²) >= 11 is 0. The lowest BCUT2D eigenvalue weighted by molar-refractivity contribution is -0.138. The molecule has 1 N–H and O–H groups in total. The molecule has 4 heterocycles. The number of hydrogen-bond acceptors (Lipinski definition) is 7. The Morgan fingerprint density at radius 2 is 1.81 bits per heavy atom. The molecule has 2 aliphatic heterocycles. The summed E-state index contributed by atoms with van der Waals surface area (Å²) in [5.41, 5.74) is 0.250. The molecule has 0 saturated carbocycles. The zero-order valence-corrected chi connectivity index (χ0v) is 23.3. The Morgan fingerprint density at radius 1 is 1.02 bits per heavy atom. The molecule has 0 radical (unpaired) electrons. The maximum atomic E-state index is 13.9.